The largest absolute Gasteiger partial charge is 0.507 e. The molecule has 4 aromatic rings. The molecule has 2 aliphatic carbocycles. The van der Waals surface area contributed by atoms with Gasteiger partial charge in [0.1, 0.15) is 121 Å². The van der Waals surface area contributed by atoms with Crippen LogP contribution in [0.5, 0.6) is 23.0 Å². The molecule has 446 valence electrons. The molecule has 4 aliphatic heterocycles. The fraction of sp³-hybridized carbons (Fsp3) is 0.519. The summed E-state index contributed by atoms with van der Waals surface area (Å²) in [5.41, 5.74) is -5.25. The number of aliphatic hydroxyl groups is 18. The quantitative estimate of drug-likeness (QED) is 0.0592. The van der Waals surface area contributed by atoms with E-state index in [1.165, 1.54) is 36.4 Å². The van der Waals surface area contributed by atoms with E-state index in [0.29, 0.717) is 0 Å². The Hall–Kier alpha value is -5.46. The summed E-state index contributed by atoms with van der Waals surface area (Å²) in [7, 11) is 0. The number of carbonyl (C=O) groups excluding carboxylic acids is 2. The van der Waals surface area contributed by atoms with Gasteiger partial charge in [0.25, 0.3) is 0 Å². The van der Waals surface area contributed by atoms with Crippen LogP contribution in [0.25, 0.3) is 11.1 Å². The molecule has 22 atom stereocenters. The van der Waals surface area contributed by atoms with Crippen molar-refractivity contribution in [2.24, 2.45) is 0 Å². The monoisotopic (exact) mass is 1160 g/mol. The highest BCUT2D eigenvalue weighted by Crippen LogP contribution is 2.56. The summed E-state index contributed by atoms with van der Waals surface area (Å²) in [5, 5.41) is 220. The fourth-order valence-corrected chi connectivity index (χ4v) is 12.2. The number of ether oxygens (including phenoxy) is 6. The number of fused-ring (bicyclic) bond motifs is 4. The van der Waals surface area contributed by atoms with Gasteiger partial charge in [-0.1, -0.05) is 36.4 Å². The zero-order valence-corrected chi connectivity index (χ0v) is 42.8. The van der Waals surface area contributed by atoms with Crippen LogP contribution in [0.4, 0.5) is 0 Å². The Bertz CT molecular complexity index is 2860. The van der Waals surface area contributed by atoms with E-state index in [9.17, 15) is 102 Å². The van der Waals surface area contributed by atoms with Crippen LogP contribution in [0, 0.1) is 0 Å². The second-order valence-corrected chi connectivity index (χ2v) is 21.0. The van der Waals surface area contributed by atoms with Crippen LogP contribution in [0.2, 0.25) is 0 Å². The van der Waals surface area contributed by atoms with E-state index in [-0.39, 0.29) is 33.4 Å². The molecule has 6 aliphatic rings. The van der Waals surface area contributed by atoms with Crippen molar-refractivity contribution in [2.45, 2.75) is 148 Å². The lowest BCUT2D eigenvalue weighted by atomic mass is 9.69. The van der Waals surface area contributed by atoms with Crippen LogP contribution in [-0.2, 0) is 32.2 Å². The molecular weight excluding hydrogens is 1100 g/mol. The standard InChI is InChI=1S/C54H62O28/c55-9-15-7-19-29(51-47(73)43(69)35(61)23(11-57)77-51)17-3-1-5-21(79-53-49(75)45(71)37(63)25(13-59)81-53)31(17)41(67)33(19)39(65)27(15)28-16(10-56)8-20-30(52-48(74)44(70)36(62)24(12-58)78-52)18-4-2-6-22(32(18)42(68)34(20)40(28)66)80-54-50(76)46(72)38(64)26(14-60)82-54/h1-8,23-26,29-30,35-38,43-66,69-76H,9-14H2/t23-,24-,25-,26-,29?,30?,35-,36-,37-,38-,43+,44+,45+,46+,47-,48-,49-,50-,51+,52+,53-,54-/m1/s1. The predicted molar refractivity (Wildman–Crippen MR) is 267 cm³/mol. The van der Waals surface area contributed by atoms with Crippen molar-refractivity contribution in [2.75, 3.05) is 26.4 Å². The summed E-state index contributed by atoms with van der Waals surface area (Å²) in [6.45, 7) is -5.82. The predicted octanol–water partition coefficient (Wildman–Crippen LogP) is -6.86. The summed E-state index contributed by atoms with van der Waals surface area (Å²) in [4.78, 5) is 30.9. The molecule has 0 amide bonds. The SMILES string of the molecule is O=C1c2c(O[C@@H]3O[C@H](CO)[C@@H](O)[C@H](O)[C@H]3O)cccc2C([C@@H]2O[C@H](CO)[C@@H](O)[C@H](O)[C@H]2O)c2cc(CO)c(-c3c(CO)cc4c(c3O)C(=O)c3c(O[C@@H]5O[C@H](CO)[C@@H](O)[C@H](O)[C@H]5O)cccc3C4[C@@H]3O[C@H](CO)[C@@H](O)[C@H](O)[C@H]3O)c(O)c21. The topological polar surface area (TPSA) is 494 Å². The van der Waals surface area contributed by atoms with Gasteiger partial charge in [-0.05, 0) is 45.5 Å². The molecule has 0 radical (unpaired) electrons. The zero-order valence-electron chi connectivity index (χ0n) is 42.8. The van der Waals surface area contributed by atoms with Gasteiger partial charge >= 0.3 is 0 Å². The lowest BCUT2D eigenvalue weighted by molar-refractivity contribution is -0.277. The molecule has 28 heteroatoms. The first-order valence-corrected chi connectivity index (χ1v) is 26.0. The number of hydrogen-bond acceptors (Lipinski definition) is 28. The molecular formula is C54H62O28. The summed E-state index contributed by atoms with van der Waals surface area (Å²) < 4.78 is 35.2. The third-order valence-electron chi connectivity index (χ3n) is 16.5. The van der Waals surface area contributed by atoms with Crippen molar-refractivity contribution in [3.63, 3.8) is 0 Å². The maximum absolute atomic E-state index is 15.4. The molecule has 4 aromatic carbocycles. The van der Waals surface area contributed by atoms with Gasteiger partial charge in [-0.2, -0.15) is 0 Å². The van der Waals surface area contributed by atoms with Gasteiger partial charge in [-0.3, -0.25) is 9.59 Å². The minimum Gasteiger partial charge on any atom is -0.507 e. The molecule has 28 nitrogen and oxygen atoms in total. The van der Waals surface area contributed by atoms with Crippen LogP contribution in [0.15, 0.2) is 48.5 Å². The van der Waals surface area contributed by atoms with E-state index in [1.54, 1.807) is 0 Å². The van der Waals surface area contributed by atoms with E-state index in [0.717, 1.165) is 12.1 Å². The highest BCUT2D eigenvalue weighted by atomic mass is 16.7. The number of phenolic OH excluding ortho intramolecular Hbond substituents is 2. The molecule has 4 fully saturated rings. The van der Waals surface area contributed by atoms with E-state index < -0.39 is 242 Å². The number of hydrogen-bond donors (Lipinski definition) is 20. The molecule has 10 rings (SSSR count). The Balaban J connectivity index is 1.19. The Morgan fingerprint density at radius 1 is 0.366 bits per heavy atom. The minimum atomic E-state index is -2.06. The van der Waals surface area contributed by atoms with Crippen molar-refractivity contribution in [3.8, 4) is 34.1 Å². The number of aromatic hydroxyl groups is 2. The Morgan fingerprint density at radius 3 is 1.00 bits per heavy atom. The third-order valence-corrected chi connectivity index (χ3v) is 16.5. The van der Waals surface area contributed by atoms with Gasteiger partial charge in [-0.15, -0.1) is 0 Å². The molecule has 0 aromatic heterocycles. The van der Waals surface area contributed by atoms with Crippen LogP contribution in [0.3, 0.4) is 0 Å². The molecule has 82 heavy (non-hydrogen) atoms. The van der Waals surface area contributed by atoms with Gasteiger partial charge in [0.2, 0.25) is 24.1 Å². The number of rotatable bonds is 13. The van der Waals surface area contributed by atoms with E-state index >= 15 is 9.59 Å². The average molecular weight is 1160 g/mol. The first-order chi connectivity index (χ1) is 39.1. The van der Waals surface area contributed by atoms with Crippen LogP contribution in [-0.4, -0.2) is 263 Å². The highest BCUT2D eigenvalue weighted by Gasteiger charge is 2.55. The van der Waals surface area contributed by atoms with Crippen molar-refractivity contribution in [1.29, 1.82) is 0 Å². The minimum absolute atomic E-state index is 0.113. The van der Waals surface area contributed by atoms with E-state index in [4.69, 9.17) is 28.4 Å². The smallest absolute Gasteiger partial charge is 0.229 e. The third kappa shape index (κ3) is 9.45. The Kier molecular flexibility index (Phi) is 16.9. The van der Waals surface area contributed by atoms with Crippen LogP contribution < -0.4 is 9.47 Å². The summed E-state index contributed by atoms with van der Waals surface area (Å²) in [5.74, 6) is -8.63. The molecule has 2 unspecified atom stereocenters. The Morgan fingerprint density at radius 2 is 0.683 bits per heavy atom. The average Bonchev–Trinajstić information content (AvgIpc) is 3.66. The second-order valence-electron chi connectivity index (χ2n) is 21.0. The van der Waals surface area contributed by atoms with Crippen molar-refractivity contribution >= 4 is 11.6 Å². The van der Waals surface area contributed by atoms with Crippen molar-refractivity contribution in [3.05, 3.63) is 104 Å². The lowest BCUT2D eigenvalue weighted by Gasteiger charge is -2.45. The number of carbonyl (C=O) groups is 2. The summed E-state index contributed by atoms with van der Waals surface area (Å²) in [6, 6.07) is 9.91. The van der Waals surface area contributed by atoms with Crippen molar-refractivity contribution < 1.29 is 140 Å². The molecule has 0 spiro atoms. The van der Waals surface area contributed by atoms with E-state index in [2.05, 4.69) is 0 Å². The van der Waals surface area contributed by atoms with Gasteiger partial charge in [-0.25, -0.2) is 0 Å². The second kappa shape index (κ2) is 23.2. The number of benzene rings is 4. The van der Waals surface area contributed by atoms with Crippen LogP contribution >= 0.6 is 0 Å². The van der Waals surface area contributed by atoms with E-state index in [1.807, 2.05) is 0 Å². The van der Waals surface area contributed by atoms with Gasteiger partial charge in [0.05, 0.1) is 74.1 Å². The Labute approximate surface area is 462 Å². The molecule has 20 N–H and O–H groups in total. The van der Waals surface area contributed by atoms with Gasteiger partial charge in [0.15, 0.2) is 0 Å². The number of ketones is 2. The zero-order chi connectivity index (χ0) is 59.2. The molecule has 4 heterocycles. The van der Waals surface area contributed by atoms with Crippen LogP contribution in [0.1, 0.15) is 77.1 Å². The van der Waals surface area contributed by atoms with Crippen molar-refractivity contribution in [1.82, 2.24) is 0 Å². The van der Waals surface area contributed by atoms with Gasteiger partial charge in [0, 0.05) is 23.0 Å². The molecule has 0 bridgehead atoms. The first kappa shape index (κ1) is 59.7. The van der Waals surface area contributed by atoms with Gasteiger partial charge < -0.3 is 131 Å². The molecule has 0 saturated carbocycles. The lowest BCUT2D eigenvalue weighted by Crippen LogP contribution is -2.60. The number of aliphatic hydroxyl groups excluding tert-OH is 18. The maximum atomic E-state index is 15.4. The fourth-order valence-electron chi connectivity index (χ4n) is 12.2. The maximum Gasteiger partial charge on any atom is 0.229 e. The summed E-state index contributed by atoms with van der Waals surface area (Å²) in [6.07, 6.45) is -37.2. The number of phenols is 2. The molecule has 4 saturated heterocycles. The first-order valence-electron chi connectivity index (χ1n) is 26.0. The highest BCUT2D eigenvalue weighted by molar-refractivity contribution is 6.19. The normalized spacial score (nSPS) is 37.1. The summed E-state index contributed by atoms with van der Waals surface area (Å²) >= 11 is 0.